The van der Waals surface area contributed by atoms with Crippen LogP contribution in [0.5, 0.6) is 0 Å². The molecule has 52 valence electrons. The van der Waals surface area contributed by atoms with E-state index in [1.165, 1.54) is 19.3 Å². The van der Waals surface area contributed by atoms with Crippen molar-refractivity contribution >= 4 is 27.2 Å². The molecule has 0 aliphatic heterocycles. The number of rotatable bonds is 3. The van der Waals surface area contributed by atoms with Crippen LogP contribution in [0.25, 0.3) is 0 Å². The van der Waals surface area contributed by atoms with Crippen molar-refractivity contribution in [2.75, 3.05) is 0 Å². The standard InChI is InChI=1S/C6H12.2BrH.Zn/c1-3-5-6-4-2;;;/h3H,1,4-6H2,2H3;2*1H;/q;;;+2/p-2. The van der Waals surface area contributed by atoms with Crippen molar-refractivity contribution in [2.45, 2.75) is 26.2 Å². The van der Waals surface area contributed by atoms with Gasteiger partial charge in [-0.2, -0.15) is 0 Å². The van der Waals surface area contributed by atoms with Crippen LogP contribution in [0.4, 0.5) is 0 Å². The van der Waals surface area contributed by atoms with E-state index in [-0.39, 0.29) is 13.2 Å². The summed E-state index contributed by atoms with van der Waals surface area (Å²) in [6.07, 6.45) is 5.72. The molecule has 0 unspecified atom stereocenters. The maximum atomic E-state index is 3.60. The van der Waals surface area contributed by atoms with Crippen LogP contribution < -0.4 is 0 Å². The topological polar surface area (TPSA) is 0 Å². The zero-order valence-corrected chi connectivity index (χ0v) is 12.0. The van der Waals surface area contributed by atoms with Crippen molar-refractivity contribution in [3.05, 3.63) is 12.7 Å². The molecule has 0 N–H and O–H groups in total. The fourth-order valence-corrected chi connectivity index (χ4v) is 0.348. The monoisotopic (exact) mass is 306 g/mol. The first kappa shape index (κ1) is 13.0. The third kappa shape index (κ3) is 26.8. The Morgan fingerprint density at radius 3 is 2.11 bits per heavy atom. The predicted octanol–water partition coefficient (Wildman–Crippen LogP) is 4.05. The molecule has 0 aromatic heterocycles. The summed E-state index contributed by atoms with van der Waals surface area (Å²) in [5, 5.41) is 0. The van der Waals surface area contributed by atoms with Gasteiger partial charge in [0.1, 0.15) is 0 Å². The third-order valence-electron chi connectivity index (χ3n) is 0.762. The van der Waals surface area contributed by atoms with Crippen LogP contribution in [0.3, 0.4) is 0 Å². The Morgan fingerprint density at radius 1 is 1.56 bits per heavy atom. The second kappa shape index (κ2) is 16.2. The Bertz CT molecular complexity index is 48.3. The Morgan fingerprint density at radius 2 is 2.00 bits per heavy atom. The van der Waals surface area contributed by atoms with Crippen molar-refractivity contribution in [2.24, 2.45) is 0 Å². The van der Waals surface area contributed by atoms with E-state index in [1.54, 1.807) is 0 Å². The zero-order valence-electron chi connectivity index (χ0n) is 5.87. The molecular formula is C6H12Br2Zn. The average molecular weight is 309 g/mol. The second-order valence-corrected chi connectivity index (χ2v) is 15.6. The number of halogens is 2. The van der Waals surface area contributed by atoms with E-state index in [0.29, 0.717) is 0 Å². The minimum atomic E-state index is -0.250. The third-order valence-corrected chi connectivity index (χ3v) is 0.762. The van der Waals surface area contributed by atoms with Crippen LogP contribution in [0.2, 0.25) is 0 Å². The molecule has 0 rings (SSSR count). The summed E-state index contributed by atoms with van der Waals surface area (Å²) in [5.41, 5.74) is 0. The Hall–Kier alpha value is 1.32. The van der Waals surface area contributed by atoms with E-state index in [4.69, 9.17) is 0 Å². The van der Waals surface area contributed by atoms with Crippen molar-refractivity contribution in [3.63, 3.8) is 0 Å². The van der Waals surface area contributed by atoms with Crippen LogP contribution in [-0.4, -0.2) is 0 Å². The van der Waals surface area contributed by atoms with Crippen molar-refractivity contribution in [1.82, 2.24) is 0 Å². The van der Waals surface area contributed by atoms with Gasteiger partial charge in [0, 0.05) is 0 Å². The molecule has 0 atom stereocenters. The zero-order chi connectivity index (χ0) is 7.54. The first-order valence-electron chi connectivity index (χ1n) is 3.06. The van der Waals surface area contributed by atoms with Gasteiger partial charge in [-0.3, -0.25) is 0 Å². The molecule has 0 nitrogen and oxygen atoms in total. The van der Waals surface area contributed by atoms with Gasteiger partial charge in [0.05, 0.1) is 0 Å². The Labute approximate surface area is 78.8 Å². The predicted molar refractivity (Wildman–Crippen MR) is 47.6 cm³/mol. The summed E-state index contributed by atoms with van der Waals surface area (Å²) >= 11 is 6.25. The van der Waals surface area contributed by atoms with Gasteiger partial charge < -0.3 is 0 Å². The van der Waals surface area contributed by atoms with Crippen LogP contribution in [-0.2, 0) is 13.2 Å². The van der Waals surface area contributed by atoms with Gasteiger partial charge in [-0.05, 0) is 6.42 Å². The minimum absolute atomic E-state index is 0.250. The molecular weight excluding hydrogens is 297 g/mol. The van der Waals surface area contributed by atoms with E-state index in [9.17, 15) is 0 Å². The van der Waals surface area contributed by atoms with Crippen molar-refractivity contribution in [1.29, 1.82) is 0 Å². The number of unbranched alkanes of at least 4 members (excludes halogenated alkanes) is 2. The van der Waals surface area contributed by atoms with E-state index in [0.717, 1.165) is 0 Å². The Balaban J connectivity index is 0. The molecule has 0 amide bonds. The molecule has 0 spiro atoms. The fourth-order valence-electron chi connectivity index (χ4n) is 0.348. The number of hydrogen-bond donors (Lipinski definition) is 0. The van der Waals surface area contributed by atoms with E-state index in [2.05, 4.69) is 40.7 Å². The van der Waals surface area contributed by atoms with Gasteiger partial charge in [0.25, 0.3) is 0 Å². The van der Waals surface area contributed by atoms with Gasteiger partial charge in [-0.25, -0.2) is 0 Å². The first-order valence-corrected chi connectivity index (χ1v) is 17.0. The van der Waals surface area contributed by atoms with Crippen molar-refractivity contribution < 1.29 is 13.2 Å². The molecule has 0 aliphatic rings. The summed E-state index contributed by atoms with van der Waals surface area (Å²) in [5.74, 6) is 0. The van der Waals surface area contributed by atoms with E-state index >= 15 is 0 Å². The van der Waals surface area contributed by atoms with Gasteiger partial charge in [-0.1, -0.05) is 25.8 Å². The van der Waals surface area contributed by atoms with Gasteiger partial charge in [0.15, 0.2) is 0 Å². The molecule has 3 heteroatoms. The molecule has 0 saturated heterocycles. The summed E-state index contributed by atoms with van der Waals surface area (Å²) < 4.78 is 0. The van der Waals surface area contributed by atoms with Gasteiger partial charge in [-0.15, -0.1) is 6.58 Å². The molecule has 0 fully saturated rings. The SMILES string of the molecule is C=CCCCC.[Br][Zn][Br]. The maximum absolute atomic E-state index is 3.60. The van der Waals surface area contributed by atoms with Crippen LogP contribution in [0, 0.1) is 0 Å². The molecule has 0 heterocycles. The van der Waals surface area contributed by atoms with E-state index < -0.39 is 0 Å². The summed E-state index contributed by atoms with van der Waals surface area (Å²) in [4.78, 5) is 0. The molecule has 0 radical (unpaired) electrons. The fraction of sp³-hybridized carbons (Fsp3) is 0.667. The van der Waals surface area contributed by atoms with Crippen LogP contribution in [0.1, 0.15) is 26.2 Å². The van der Waals surface area contributed by atoms with Crippen LogP contribution >= 0.6 is 27.2 Å². The average Bonchev–Trinajstić information content (AvgIpc) is 1.86. The van der Waals surface area contributed by atoms with Gasteiger partial charge in [0.2, 0.25) is 0 Å². The normalized spacial score (nSPS) is 6.56. The van der Waals surface area contributed by atoms with Crippen molar-refractivity contribution in [3.8, 4) is 0 Å². The number of allylic oxidation sites excluding steroid dienone is 1. The molecule has 0 saturated carbocycles. The molecule has 0 aliphatic carbocycles. The second-order valence-electron chi connectivity index (χ2n) is 1.53. The quantitative estimate of drug-likeness (QED) is 0.419. The number of hydrogen-bond acceptors (Lipinski definition) is 0. The van der Waals surface area contributed by atoms with Crippen LogP contribution in [0.15, 0.2) is 12.7 Å². The molecule has 0 aromatic rings. The van der Waals surface area contributed by atoms with Gasteiger partial charge >= 0.3 is 40.5 Å². The van der Waals surface area contributed by atoms with E-state index in [1.807, 2.05) is 6.08 Å². The molecule has 9 heavy (non-hydrogen) atoms. The first-order chi connectivity index (χ1) is 4.33. The molecule has 0 aromatic carbocycles. The Kier molecular flexibility index (Phi) is 23.2. The summed E-state index contributed by atoms with van der Waals surface area (Å²) in [6, 6.07) is 0. The summed E-state index contributed by atoms with van der Waals surface area (Å²) in [7, 11) is 0. The summed E-state index contributed by atoms with van der Waals surface area (Å²) in [6.45, 7) is 5.78. The molecule has 0 bridgehead atoms.